The van der Waals surface area contributed by atoms with Crippen molar-refractivity contribution in [1.29, 1.82) is 0 Å². The fourth-order valence-electron chi connectivity index (χ4n) is 4.35. The van der Waals surface area contributed by atoms with E-state index in [0.29, 0.717) is 44.0 Å². The van der Waals surface area contributed by atoms with Crippen molar-refractivity contribution in [3.63, 3.8) is 0 Å². The van der Waals surface area contributed by atoms with Gasteiger partial charge in [-0.2, -0.15) is 5.10 Å². The highest BCUT2D eigenvalue weighted by Gasteiger charge is 2.30. The highest BCUT2D eigenvalue weighted by atomic mass is 16.2. The molecule has 2 aromatic carbocycles. The minimum absolute atomic E-state index is 0.0545. The first-order chi connectivity index (χ1) is 16.3. The van der Waals surface area contributed by atoms with E-state index in [1.54, 1.807) is 4.90 Å². The van der Waals surface area contributed by atoms with Crippen molar-refractivity contribution in [1.82, 2.24) is 9.80 Å². The van der Waals surface area contributed by atoms with E-state index in [4.69, 9.17) is 0 Å². The maximum absolute atomic E-state index is 13.1. The van der Waals surface area contributed by atoms with Crippen LogP contribution in [0, 0.1) is 20.8 Å². The number of para-hydroxylation sites is 1. The zero-order chi connectivity index (χ0) is 24.2. The number of anilines is 2. The van der Waals surface area contributed by atoms with E-state index in [-0.39, 0.29) is 30.7 Å². The Bertz CT molecular complexity index is 1110. The van der Waals surface area contributed by atoms with E-state index in [1.165, 1.54) is 5.01 Å². The Labute approximate surface area is 200 Å². The zero-order valence-electron chi connectivity index (χ0n) is 20.0. The molecule has 0 spiro atoms. The predicted octanol–water partition coefficient (Wildman–Crippen LogP) is 2.88. The van der Waals surface area contributed by atoms with E-state index in [0.717, 1.165) is 22.4 Å². The predicted molar refractivity (Wildman–Crippen MR) is 133 cm³/mol. The lowest BCUT2D eigenvalue weighted by atomic mass is 10.1. The molecule has 1 fully saturated rings. The van der Waals surface area contributed by atoms with E-state index in [2.05, 4.69) is 15.3 Å². The van der Waals surface area contributed by atoms with E-state index >= 15 is 0 Å². The van der Waals surface area contributed by atoms with E-state index in [9.17, 15) is 14.4 Å². The van der Waals surface area contributed by atoms with Gasteiger partial charge in [-0.3, -0.25) is 19.3 Å². The summed E-state index contributed by atoms with van der Waals surface area (Å²) in [6.45, 7) is 8.46. The quantitative estimate of drug-likeness (QED) is 0.742. The summed E-state index contributed by atoms with van der Waals surface area (Å²) in [7, 11) is 0. The van der Waals surface area contributed by atoms with Crippen molar-refractivity contribution in [3.05, 3.63) is 59.2 Å². The first-order valence-corrected chi connectivity index (χ1v) is 11.7. The number of benzene rings is 2. The van der Waals surface area contributed by atoms with Crippen molar-refractivity contribution >= 4 is 34.8 Å². The molecule has 2 aliphatic heterocycles. The smallest absolute Gasteiger partial charge is 0.270 e. The number of nitrogens with zero attached hydrogens (tertiary/aromatic N) is 4. The van der Waals surface area contributed by atoms with Crippen LogP contribution >= 0.6 is 0 Å². The minimum atomic E-state index is -0.134. The molecular formula is C26H31N5O3. The third-order valence-electron chi connectivity index (χ3n) is 6.30. The van der Waals surface area contributed by atoms with Gasteiger partial charge in [-0.25, -0.2) is 5.01 Å². The monoisotopic (exact) mass is 461 g/mol. The summed E-state index contributed by atoms with van der Waals surface area (Å²) in [5.41, 5.74) is 5.04. The molecule has 0 unspecified atom stereocenters. The molecule has 2 aromatic rings. The van der Waals surface area contributed by atoms with Crippen molar-refractivity contribution in [2.45, 2.75) is 33.6 Å². The van der Waals surface area contributed by atoms with Gasteiger partial charge in [-0.05, 0) is 49.6 Å². The maximum atomic E-state index is 13.1. The van der Waals surface area contributed by atoms with Crippen LogP contribution in [-0.2, 0) is 14.4 Å². The summed E-state index contributed by atoms with van der Waals surface area (Å²) in [5, 5.41) is 8.78. The summed E-state index contributed by atoms with van der Waals surface area (Å²) >= 11 is 0. The second kappa shape index (κ2) is 10.2. The summed E-state index contributed by atoms with van der Waals surface area (Å²) < 4.78 is 0. The molecule has 8 heteroatoms. The van der Waals surface area contributed by atoms with Gasteiger partial charge in [0.05, 0.1) is 12.2 Å². The Kier molecular flexibility index (Phi) is 7.07. The normalized spacial score (nSPS) is 16.9. The molecule has 2 heterocycles. The van der Waals surface area contributed by atoms with Gasteiger partial charge in [-0.1, -0.05) is 30.3 Å². The van der Waals surface area contributed by atoms with Crippen LogP contribution in [0.1, 0.15) is 29.5 Å². The van der Waals surface area contributed by atoms with Gasteiger partial charge in [0.15, 0.2) is 0 Å². The number of carbonyl (C=O) groups is 3. The molecule has 34 heavy (non-hydrogen) atoms. The third kappa shape index (κ3) is 5.34. The summed E-state index contributed by atoms with van der Waals surface area (Å²) in [5.74, 6) is -0.298. The summed E-state index contributed by atoms with van der Waals surface area (Å²) in [6.07, 6.45) is 0.606. The summed E-state index contributed by atoms with van der Waals surface area (Å²) in [4.78, 5) is 41.9. The van der Waals surface area contributed by atoms with Gasteiger partial charge in [0, 0.05) is 44.7 Å². The Hall–Kier alpha value is -3.52. The number of hydrazone groups is 1. The molecule has 3 amide bonds. The first-order valence-electron chi connectivity index (χ1n) is 11.7. The van der Waals surface area contributed by atoms with Crippen LogP contribution in [0.4, 0.5) is 11.4 Å². The fraction of sp³-hybridized carbons (Fsp3) is 0.385. The average molecular weight is 462 g/mol. The summed E-state index contributed by atoms with van der Waals surface area (Å²) in [6, 6.07) is 13.5. The molecule has 0 radical (unpaired) electrons. The number of amides is 3. The van der Waals surface area contributed by atoms with Crippen LogP contribution in [-0.4, -0.2) is 66.0 Å². The van der Waals surface area contributed by atoms with Crippen LogP contribution in [0.2, 0.25) is 0 Å². The lowest BCUT2D eigenvalue weighted by Gasteiger charge is -2.35. The van der Waals surface area contributed by atoms with E-state index < -0.39 is 0 Å². The van der Waals surface area contributed by atoms with Crippen molar-refractivity contribution in [2.24, 2.45) is 5.10 Å². The Balaban J connectivity index is 1.34. The fourth-order valence-corrected chi connectivity index (χ4v) is 4.35. The molecule has 4 rings (SSSR count). The topological polar surface area (TPSA) is 85.3 Å². The Morgan fingerprint density at radius 3 is 2.29 bits per heavy atom. The largest absolute Gasteiger partial charge is 0.335 e. The van der Waals surface area contributed by atoms with Gasteiger partial charge < -0.3 is 10.2 Å². The molecule has 1 saturated heterocycles. The molecule has 1 N–H and O–H groups in total. The lowest BCUT2D eigenvalue weighted by molar-refractivity contribution is -0.126. The van der Waals surface area contributed by atoms with Crippen molar-refractivity contribution in [3.8, 4) is 0 Å². The highest BCUT2D eigenvalue weighted by molar-refractivity contribution is 6.40. The molecule has 0 aromatic heterocycles. The number of aryl methyl sites for hydroxylation is 3. The van der Waals surface area contributed by atoms with Gasteiger partial charge >= 0.3 is 0 Å². The molecule has 0 bridgehead atoms. The first kappa shape index (κ1) is 23.6. The van der Waals surface area contributed by atoms with Crippen LogP contribution in [0.25, 0.3) is 0 Å². The number of hydrogen-bond acceptors (Lipinski definition) is 5. The lowest BCUT2D eigenvalue weighted by Crippen LogP contribution is -2.52. The molecule has 2 aliphatic rings. The SMILES string of the molecule is Cc1cccc(N2N=C(C(=O)N3CCN(CC(=O)Nc4c(C)cccc4C)CC3)CCC2=O)c1. The van der Waals surface area contributed by atoms with Crippen molar-refractivity contribution in [2.75, 3.05) is 43.0 Å². The van der Waals surface area contributed by atoms with Crippen LogP contribution in [0.3, 0.4) is 0 Å². The molecule has 0 atom stereocenters. The number of rotatable bonds is 5. The van der Waals surface area contributed by atoms with Gasteiger partial charge in [0.2, 0.25) is 11.8 Å². The number of piperazine rings is 1. The molecule has 8 nitrogen and oxygen atoms in total. The Morgan fingerprint density at radius 1 is 0.941 bits per heavy atom. The number of nitrogens with one attached hydrogen (secondary N) is 1. The zero-order valence-corrected chi connectivity index (χ0v) is 20.0. The minimum Gasteiger partial charge on any atom is -0.335 e. The van der Waals surface area contributed by atoms with Crippen LogP contribution < -0.4 is 10.3 Å². The number of hydrogen-bond donors (Lipinski definition) is 1. The average Bonchev–Trinajstić information content (AvgIpc) is 2.82. The van der Waals surface area contributed by atoms with Gasteiger partial charge in [0.25, 0.3) is 5.91 Å². The molecule has 0 saturated carbocycles. The van der Waals surface area contributed by atoms with Crippen molar-refractivity contribution < 1.29 is 14.4 Å². The molecular weight excluding hydrogens is 430 g/mol. The molecule has 0 aliphatic carbocycles. The van der Waals surface area contributed by atoms with Crippen LogP contribution in [0.5, 0.6) is 0 Å². The third-order valence-corrected chi connectivity index (χ3v) is 6.30. The van der Waals surface area contributed by atoms with Gasteiger partial charge in [-0.15, -0.1) is 0 Å². The maximum Gasteiger partial charge on any atom is 0.270 e. The van der Waals surface area contributed by atoms with Crippen LogP contribution in [0.15, 0.2) is 47.6 Å². The Morgan fingerprint density at radius 2 is 1.62 bits per heavy atom. The number of carbonyl (C=O) groups excluding carboxylic acids is 3. The molecule has 178 valence electrons. The second-order valence-electron chi connectivity index (χ2n) is 8.97. The standard InChI is InChI=1S/C26H31N5O3/c1-18-6-4-9-21(16-18)31-24(33)11-10-22(28-31)26(34)30-14-12-29(13-15-30)17-23(32)27-25-19(2)7-5-8-20(25)3/h4-9,16H,10-15,17H2,1-3H3,(H,27,32). The van der Waals surface area contributed by atoms with Gasteiger partial charge in [0.1, 0.15) is 5.71 Å². The van der Waals surface area contributed by atoms with E-state index in [1.807, 2.05) is 63.2 Å². The second-order valence-corrected chi connectivity index (χ2v) is 8.97. The highest BCUT2D eigenvalue weighted by Crippen LogP contribution is 2.22.